The highest BCUT2D eigenvalue weighted by Crippen LogP contribution is 2.39. The lowest BCUT2D eigenvalue weighted by Crippen LogP contribution is -2.40. The largest absolute Gasteiger partial charge is 0.466 e. The minimum Gasteiger partial charge on any atom is -0.466 e. The topological polar surface area (TPSA) is 98.1 Å². The monoisotopic (exact) mass is 483 g/mol. The van der Waals surface area contributed by atoms with Crippen molar-refractivity contribution in [3.8, 4) is 6.07 Å². The molecule has 0 fully saturated rings. The molecule has 160 valence electrons. The van der Waals surface area contributed by atoms with Crippen LogP contribution in [0.3, 0.4) is 0 Å². The van der Waals surface area contributed by atoms with E-state index in [0.717, 1.165) is 11.3 Å². The first-order chi connectivity index (χ1) is 15.4. The highest BCUT2D eigenvalue weighted by atomic mass is 35.5. The van der Waals surface area contributed by atoms with Crippen LogP contribution >= 0.6 is 34.5 Å². The van der Waals surface area contributed by atoms with E-state index >= 15 is 0 Å². The van der Waals surface area contributed by atoms with E-state index in [1.807, 2.05) is 0 Å². The molecule has 1 atom stereocenters. The molecule has 0 saturated heterocycles. The van der Waals surface area contributed by atoms with Gasteiger partial charge in [-0.05, 0) is 29.3 Å². The van der Waals surface area contributed by atoms with Crippen LogP contribution in [-0.4, -0.2) is 17.6 Å². The van der Waals surface area contributed by atoms with Gasteiger partial charge in [0.25, 0.3) is 5.56 Å². The number of nitrogens with zero attached hydrogens (tertiary/aromatic N) is 2. The van der Waals surface area contributed by atoms with E-state index < -0.39 is 17.4 Å². The maximum Gasteiger partial charge on any atom is 0.337 e. The van der Waals surface area contributed by atoms with E-state index in [1.54, 1.807) is 54.6 Å². The van der Waals surface area contributed by atoms with Gasteiger partial charge in [0, 0.05) is 10.0 Å². The second-order valence-corrected chi connectivity index (χ2v) is 8.69. The number of allylic oxidation sites excluding steroid dienone is 1. The third-order valence-corrected chi connectivity index (χ3v) is 6.88. The number of methoxy groups -OCH3 is 1. The van der Waals surface area contributed by atoms with Crippen molar-refractivity contribution in [2.45, 2.75) is 5.92 Å². The maximum absolute atomic E-state index is 13.3. The number of ether oxygens (including phenoxy) is 1. The van der Waals surface area contributed by atoms with Crippen molar-refractivity contribution in [3.05, 3.63) is 94.8 Å². The van der Waals surface area contributed by atoms with Crippen molar-refractivity contribution in [2.75, 3.05) is 7.11 Å². The summed E-state index contributed by atoms with van der Waals surface area (Å²) in [5.41, 5.74) is 7.14. The van der Waals surface area contributed by atoms with Crippen LogP contribution < -0.4 is 20.5 Å². The molecule has 2 aromatic carbocycles. The number of nitriles is 1. The molecule has 6 nitrogen and oxygen atoms in total. The third-order valence-electron chi connectivity index (χ3n) is 5.08. The van der Waals surface area contributed by atoms with Crippen molar-refractivity contribution in [1.29, 1.82) is 5.26 Å². The Hall–Kier alpha value is -3.31. The van der Waals surface area contributed by atoms with E-state index in [4.69, 9.17) is 33.7 Å². The Labute approximate surface area is 196 Å². The van der Waals surface area contributed by atoms with Gasteiger partial charge in [-0.2, -0.15) is 5.26 Å². The summed E-state index contributed by atoms with van der Waals surface area (Å²) >= 11 is 13.7. The number of hydrogen-bond donors (Lipinski definition) is 1. The van der Waals surface area contributed by atoms with Crippen LogP contribution in [0.5, 0.6) is 0 Å². The van der Waals surface area contributed by atoms with Gasteiger partial charge in [0.1, 0.15) is 10.5 Å². The Balaban J connectivity index is 2.15. The molecule has 1 aliphatic rings. The molecule has 0 aliphatic carbocycles. The molecule has 1 aromatic heterocycles. The average Bonchev–Trinajstić information content (AvgIpc) is 3.11. The molecule has 1 unspecified atom stereocenters. The number of hydrogen-bond acceptors (Lipinski definition) is 6. The molecule has 0 bridgehead atoms. The van der Waals surface area contributed by atoms with Crippen LogP contribution in [0.25, 0.3) is 17.5 Å². The first-order valence-electron chi connectivity index (χ1n) is 9.34. The molecule has 0 amide bonds. The molecule has 0 saturated carbocycles. The summed E-state index contributed by atoms with van der Waals surface area (Å²) in [6.07, 6.45) is 1.62. The fourth-order valence-electron chi connectivity index (χ4n) is 3.61. The van der Waals surface area contributed by atoms with Gasteiger partial charge in [0.2, 0.25) is 0 Å². The van der Waals surface area contributed by atoms with Crippen molar-refractivity contribution in [3.63, 3.8) is 0 Å². The minimum absolute atomic E-state index is 0.0372. The summed E-state index contributed by atoms with van der Waals surface area (Å²) in [5, 5.41) is 10.7. The second-order valence-electron chi connectivity index (χ2n) is 6.85. The van der Waals surface area contributed by atoms with Crippen LogP contribution in [-0.2, 0) is 9.53 Å². The first kappa shape index (κ1) is 21.9. The summed E-state index contributed by atoms with van der Waals surface area (Å²) in [6, 6.07) is 16.0. The molecular formula is C23H15Cl2N3O3S. The van der Waals surface area contributed by atoms with Gasteiger partial charge in [-0.3, -0.25) is 9.36 Å². The molecule has 2 heterocycles. The summed E-state index contributed by atoms with van der Waals surface area (Å²) in [7, 11) is 1.24. The summed E-state index contributed by atoms with van der Waals surface area (Å²) in [4.78, 5) is 26.2. The Morgan fingerprint density at radius 3 is 2.47 bits per heavy atom. The molecule has 4 rings (SSSR count). The minimum atomic E-state index is -0.882. The zero-order valence-electron chi connectivity index (χ0n) is 16.6. The van der Waals surface area contributed by atoms with E-state index in [0.29, 0.717) is 25.7 Å². The number of carbonyl (C=O) groups is 1. The number of fused-ring (bicyclic) bond motifs is 1. The SMILES string of the molecule is COC(=O)C1=c2s/c(=C\c3ccccc3Cl)c(=O)n2C(N)=C(C#N)C1c1ccccc1Cl. The highest BCUT2D eigenvalue weighted by Gasteiger charge is 2.37. The molecule has 9 heteroatoms. The number of benzene rings is 2. The number of nitrogens with two attached hydrogens (primary N) is 1. The van der Waals surface area contributed by atoms with Crippen molar-refractivity contribution >= 4 is 58.0 Å². The summed E-state index contributed by atoms with van der Waals surface area (Å²) in [6.45, 7) is 0. The number of carbonyl (C=O) groups excluding carboxylic acids is 1. The molecule has 2 N–H and O–H groups in total. The highest BCUT2D eigenvalue weighted by molar-refractivity contribution is 7.07. The predicted molar refractivity (Wildman–Crippen MR) is 125 cm³/mol. The zero-order valence-corrected chi connectivity index (χ0v) is 19.0. The van der Waals surface area contributed by atoms with Crippen LogP contribution in [0.2, 0.25) is 10.0 Å². The third kappa shape index (κ3) is 3.53. The van der Waals surface area contributed by atoms with Gasteiger partial charge >= 0.3 is 5.97 Å². The van der Waals surface area contributed by atoms with Crippen molar-refractivity contribution < 1.29 is 9.53 Å². The van der Waals surface area contributed by atoms with Crippen molar-refractivity contribution in [1.82, 2.24) is 4.57 Å². The Bertz CT molecular complexity index is 1510. The molecule has 0 radical (unpaired) electrons. The smallest absolute Gasteiger partial charge is 0.337 e. The van der Waals surface area contributed by atoms with Gasteiger partial charge in [-0.15, -0.1) is 11.3 Å². The lowest BCUT2D eigenvalue weighted by Gasteiger charge is -2.25. The van der Waals surface area contributed by atoms with Gasteiger partial charge in [0.15, 0.2) is 0 Å². The molecule has 0 spiro atoms. The quantitative estimate of drug-likeness (QED) is 0.577. The fourth-order valence-corrected chi connectivity index (χ4v) is 5.20. The van der Waals surface area contributed by atoms with Gasteiger partial charge in [-0.1, -0.05) is 59.6 Å². The van der Waals surface area contributed by atoms with Crippen LogP contribution in [0.1, 0.15) is 17.0 Å². The Morgan fingerprint density at radius 1 is 1.19 bits per heavy atom. The fraction of sp³-hybridized carbons (Fsp3) is 0.0870. The van der Waals surface area contributed by atoms with Crippen LogP contribution in [0.4, 0.5) is 0 Å². The molecular weight excluding hydrogens is 469 g/mol. The number of aromatic nitrogens is 1. The predicted octanol–water partition coefficient (Wildman–Crippen LogP) is 2.82. The second kappa shape index (κ2) is 8.67. The maximum atomic E-state index is 13.3. The van der Waals surface area contributed by atoms with Gasteiger partial charge < -0.3 is 10.5 Å². The Kier molecular flexibility index (Phi) is 5.94. The molecule has 1 aliphatic heterocycles. The van der Waals surface area contributed by atoms with E-state index in [9.17, 15) is 14.9 Å². The standard InChI is InChI=1S/C23H15Cl2N3O3S/c1-31-23(30)19-18(13-7-3-5-9-16(13)25)14(11-26)20(27)28-21(29)17(32-22(19)28)10-12-6-2-4-8-15(12)24/h2-10,18H,27H2,1H3/b17-10-. The summed E-state index contributed by atoms with van der Waals surface area (Å²) < 4.78 is 6.77. The zero-order chi connectivity index (χ0) is 23.0. The number of halogens is 2. The van der Waals surface area contributed by atoms with Crippen LogP contribution in [0.15, 0.2) is 58.9 Å². The number of esters is 1. The average molecular weight is 484 g/mol. The Morgan fingerprint density at radius 2 is 1.84 bits per heavy atom. The van der Waals surface area contributed by atoms with Crippen molar-refractivity contribution in [2.24, 2.45) is 5.73 Å². The number of thiazole rings is 1. The van der Waals surface area contributed by atoms with E-state index in [-0.39, 0.29) is 21.6 Å². The van der Waals surface area contributed by atoms with Crippen LogP contribution in [0, 0.1) is 11.3 Å². The molecule has 3 aromatic rings. The van der Waals surface area contributed by atoms with Gasteiger partial charge in [-0.25, -0.2) is 4.79 Å². The summed E-state index contributed by atoms with van der Waals surface area (Å²) in [5.74, 6) is -1.62. The lowest BCUT2D eigenvalue weighted by molar-refractivity contribution is -0.134. The van der Waals surface area contributed by atoms with E-state index in [2.05, 4.69) is 6.07 Å². The number of rotatable bonds is 3. The lowest BCUT2D eigenvalue weighted by atomic mass is 9.84. The van der Waals surface area contributed by atoms with E-state index in [1.165, 1.54) is 11.7 Å². The normalized spacial score (nSPS) is 16.0. The van der Waals surface area contributed by atoms with Gasteiger partial charge in [0.05, 0.1) is 34.8 Å². The first-order valence-corrected chi connectivity index (χ1v) is 10.9. The molecule has 32 heavy (non-hydrogen) atoms.